The Labute approximate surface area is 178 Å². The fourth-order valence-corrected chi connectivity index (χ4v) is 3.40. The van der Waals surface area contributed by atoms with Crippen LogP contribution in [0.15, 0.2) is 59.3 Å². The van der Waals surface area contributed by atoms with E-state index < -0.39 is 6.10 Å². The molecule has 29 heavy (non-hydrogen) atoms. The highest BCUT2D eigenvalue weighted by Crippen LogP contribution is 2.26. The molecule has 1 amide bonds. The zero-order valence-corrected chi connectivity index (χ0v) is 18.1. The fourth-order valence-electron chi connectivity index (χ4n) is 2.96. The maximum Gasteiger partial charge on any atom is 0.265 e. The summed E-state index contributed by atoms with van der Waals surface area (Å²) >= 11 is 3.24. The smallest absolute Gasteiger partial charge is 0.265 e. The Balaban J connectivity index is 1.66. The maximum absolute atomic E-state index is 13.2. The highest BCUT2D eigenvalue weighted by atomic mass is 79.9. The number of benzene rings is 2. The van der Waals surface area contributed by atoms with Crippen molar-refractivity contribution in [2.75, 3.05) is 5.32 Å². The van der Waals surface area contributed by atoms with Crippen molar-refractivity contribution in [1.82, 2.24) is 9.55 Å². The SMILES string of the molecule is CC(Oc1ccc(F)cc1Br)C(=O)Nc1cccc(Cn2ccnc2C(C)C)c1. The van der Waals surface area contributed by atoms with Gasteiger partial charge in [-0.25, -0.2) is 9.37 Å². The van der Waals surface area contributed by atoms with Crippen LogP contribution in [-0.4, -0.2) is 21.6 Å². The molecule has 1 atom stereocenters. The molecule has 0 spiro atoms. The van der Waals surface area contributed by atoms with Gasteiger partial charge in [0, 0.05) is 30.5 Å². The number of hydrogen-bond donors (Lipinski definition) is 1. The van der Waals surface area contributed by atoms with Gasteiger partial charge in [-0.2, -0.15) is 0 Å². The number of ether oxygens (including phenoxy) is 1. The van der Waals surface area contributed by atoms with Crippen LogP contribution in [0.4, 0.5) is 10.1 Å². The van der Waals surface area contributed by atoms with Crippen LogP contribution < -0.4 is 10.1 Å². The fraction of sp³-hybridized carbons (Fsp3) is 0.273. The number of rotatable bonds is 7. The molecule has 152 valence electrons. The van der Waals surface area contributed by atoms with Crippen molar-refractivity contribution in [2.24, 2.45) is 0 Å². The zero-order chi connectivity index (χ0) is 21.0. The van der Waals surface area contributed by atoms with Gasteiger partial charge in [0.15, 0.2) is 6.10 Å². The summed E-state index contributed by atoms with van der Waals surface area (Å²) in [5.74, 6) is 1.09. The molecule has 1 N–H and O–H groups in total. The third-order valence-corrected chi connectivity index (χ3v) is 5.00. The number of halogens is 2. The van der Waals surface area contributed by atoms with Crippen LogP contribution >= 0.6 is 15.9 Å². The molecule has 2 aromatic carbocycles. The lowest BCUT2D eigenvalue weighted by atomic mass is 10.1. The van der Waals surface area contributed by atoms with E-state index in [4.69, 9.17) is 4.74 Å². The van der Waals surface area contributed by atoms with Gasteiger partial charge in [0.1, 0.15) is 17.4 Å². The molecular formula is C22H23BrFN3O2. The second-order valence-electron chi connectivity index (χ2n) is 7.09. The molecule has 0 saturated carbocycles. The van der Waals surface area contributed by atoms with Crippen molar-refractivity contribution < 1.29 is 13.9 Å². The molecular weight excluding hydrogens is 437 g/mol. The van der Waals surface area contributed by atoms with E-state index in [1.807, 2.05) is 30.5 Å². The van der Waals surface area contributed by atoms with Crippen molar-refractivity contribution in [3.8, 4) is 5.75 Å². The summed E-state index contributed by atoms with van der Waals surface area (Å²) in [7, 11) is 0. The first-order chi connectivity index (χ1) is 13.8. The predicted molar refractivity (Wildman–Crippen MR) is 115 cm³/mol. The number of amides is 1. The lowest BCUT2D eigenvalue weighted by Gasteiger charge is -2.16. The van der Waals surface area contributed by atoms with E-state index in [0.717, 1.165) is 11.4 Å². The largest absolute Gasteiger partial charge is 0.480 e. The van der Waals surface area contributed by atoms with Crippen LogP contribution in [0.5, 0.6) is 5.75 Å². The summed E-state index contributed by atoms with van der Waals surface area (Å²) in [6, 6.07) is 11.7. The Morgan fingerprint density at radius 3 is 2.76 bits per heavy atom. The standard InChI is InChI=1S/C22H23BrFN3O2/c1-14(2)21-25-9-10-27(21)13-16-5-4-6-18(11-16)26-22(28)15(3)29-20-8-7-17(24)12-19(20)23/h4-12,14-15H,13H2,1-3H3,(H,26,28). The van der Waals surface area contributed by atoms with E-state index >= 15 is 0 Å². The Kier molecular flexibility index (Phi) is 6.69. The number of nitrogens with zero attached hydrogens (tertiary/aromatic N) is 2. The van der Waals surface area contributed by atoms with Gasteiger partial charge in [-0.1, -0.05) is 26.0 Å². The highest BCUT2D eigenvalue weighted by molar-refractivity contribution is 9.10. The normalized spacial score (nSPS) is 12.1. The van der Waals surface area contributed by atoms with E-state index in [0.29, 0.717) is 28.4 Å². The van der Waals surface area contributed by atoms with E-state index in [1.54, 1.807) is 13.1 Å². The molecule has 0 aliphatic heterocycles. The van der Waals surface area contributed by atoms with Crippen LogP contribution in [0.25, 0.3) is 0 Å². The molecule has 1 unspecified atom stereocenters. The van der Waals surface area contributed by atoms with Gasteiger partial charge in [0.05, 0.1) is 4.47 Å². The van der Waals surface area contributed by atoms with Crippen LogP contribution in [0.2, 0.25) is 0 Å². The molecule has 3 rings (SSSR count). The molecule has 1 aromatic heterocycles. The number of anilines is 1. The molecule has 0 saturated heterocycles. The summed E-state index contributed by atoms with van der Waals surface area (Å²) in [5, 5.41) is 2.87. The van der Waals surface area contributed by atoms with Gasteiger partial charge in [0.25, 0.3) is 5.91 Å². The summed E-state index contributed by atoms with van der Waals surface area (Å²) in [4.78, 5) is 16.9. The molecule has 0 fully saturated rings. The third-order valence-electron chi connectivity index (χ3n) is 4.38. The van der Waals surface area contributed by atoms with Gasteiger partial charge in [-0.3, -0.25) is 4.79 Å². The number of carbonyl (C=O) groups excluding carboxylic acids is 1. The molecule has 7 heteroatoms. The number of carbonyl (C=O) groups is 1. The topological polar surface area (TPSA) is 56.1 Å². The summed E-state index contributed by atoms with van der Waals surface area (Å²) in [6.07, 6.45) is 3.01. The van der Waals surface area contributed by atoms with Gasteiger partial charge < -0.3 is 14.6 Å². The van der Waals surface area contributed by atoms with Crippen molar-refractivity contribution in [2.45, 2.75) is 39.3 Å². The maximum atomic E-state index is 13.2. The van der Waals surface area contributed by atoms with Crippen molar-refractivity contribution in [3.05, 3.63) is 76.5 Å². The molecule has 0 bridgehead atoms. The Morgan fingerprint density at radius 2 is 2.03 bits per heavy atom. The number of imidazole rings is 1. The first kappa shape index (κ1) is 21.0. The minimum Gasteiger partial charge on any atom is -0.480 e. The van der Waals surface area contributed by atoms with Crippen molar-refractivity contribution >= 4 is 27.5 Å². The Hall–Kier alpha value is -2.67. The molecule has 0 radical (unpaired) electrons. The average Bonchev–Trinajstić information content (AvgIpc) is 3.12. The zero-order valence-electron chi connectivity index (χ0n) is 16.5. The highest BCUT2D eigenvalue weighted by Gasteiger charge is 2.17. The van der Waals surface area contributed by atoms with Crippen LogP contribution in [0, 0.1) is 5.82 Å². The quantitative estimate of drug-likeness (QED) is 0.517. The Bertz CT molecular complexity index is 1000. The summed E-state index contributed by atoms with van der Waals surface area (Å²) < 4.78 is 21.4. The van der Waals surface area contributed by atoms with E-state index in [1.165, 1.54) is 18.2 Å². The number of aromatic nitrogens is 2. The van der Waals surface area contributed by atoms with E-state index in [2.05, 4.69) is 44.6 Å². The second-order valence-corrected chi connectivity index (χ2v) is 7.95. The van der Waals surface area contributed by atoms with Crippen molar-refractivity contribution in [1.29, 1.82) is 0 Å². The molecule has 1 heterocycles. The molecule has 0 aliphatic rings. The molecule has 3 aromatic rings. The first-order valence-corrected chi connectivity index (χ1v) is 10.2. The van der Waals surface area contributed by atoms with Crippen LogP contribution in [0.1, 0.15) is 38.1 Å². The number of hydrogen-bond acceptors (Lipinski definition) is 3. The van der Waals surface area contributed by atoms with Crippen LogP contribution in [0.3, 0.4) is 0 Å². The van der Waals surface area contributed by atoms with Crippen molar-refractivity contribution in [3.63, 3.8) is 0 Å². The lowest BCUT2D eigenvalue weighted by Crippen LogP contribution is -2.30. The van der Waals surface area contributed by atoms with Gasteiger partial charge in [0.2, 0.25) is 0 Å². The minimum atomic E-state index is -0.749. The van der Waals surface area contributed by atoms with E-state index in [-0.39, 0.29) is 11.7 Å². The van der Waals surface area contributed by atoms with E-state index in [9.17, 15) is 9.18 Å². The monoisotopic (exact) mass is 459 g/mol. The minimum absolute atomic E-state index is 0.288. The molecule has 0 aliphatic carbocycles. The predicted octanol–water partition coefficient (Wildman–Crippen LogP) is 5.36. The Morgan fingerprint density at radius 1 is 1.24 bits per heavy atom. The molecule has 5 nitrogen and oxygen atoms in total. The van der Waals surface area contributed by atoms with Gasteiger partial charge >= 0.3 is 0 Å². The second kappa shape index (κ2) is 9.22. The third kappa shape index (κ3) is 5.44. The first-order valence-electron chi connectivity index (χ1n) is 9.36. The number of nitrogens with one attached hydrogen (secondary N) is 1. The average molecular weight is 460 g/mol. The lowest BCUT2D eigenvalue weighted by molar-refractivity contribution is -0.122. The summed E-state index contributed by atoms with van der Waals surface area (Å²) in [5.41, 5.74) is 1.74. The van der Waals surface area contributed by atoms with Crippen LogP contribution in [-0.2, 0) is 11.3 Å². The summed E-state index contributed by atoms with van der Waals surface area (Å²) in [6.45, 7) is 6.54. The van der Waals surface area contributed by atoms with Gasteiger partial charge in [-0.15, -0.1) is 0 Å². The van der Waals surface area contributed by atoms with Gasteiger partial charge in [-0.05, 0) is 58.7 Å².